The second kappa shape index (κ2) is 13.2. The minimum Gasteiger partial charge on any atom is -0.493 e. The summed E-state index contributed by atoms with van der Waals surface area (Å²) >= 11 is 0. The van der Waals surface area contributed by atoms with E-state index < -0.39 is 0 Å². The first-order valence-electron chi connectivity index (χ1n) is 9.05. The molecule has 0 radical (unpaired) electrons. The highest BCUT2D eigenvalue weighted by atomic mass is 127. The second-order valence-corrected chi connectivity index (χ2v) is 6.09. The zero-order valence-corrected chi connectivity index (χ0v) is 19.0. The van der Waals surface area contributed by atoms with Crippen molar-refractivity contribution < 1.29 is 14.2 Å². The second-order valence-electron chi connectivity index (χ2n) is 6.09. The Bertz CT molecular complexity index is 726. The van der Waals surface area contributed by atoms with Crippen LogP contribution in [0.3, 0.4) is 0 Å². The van der Waals surface area contributed by atoms with Crippen LogP contribution < -0.4 is 20.5 Å². The lowest BCUT2D eigenvalue weighted by atomic mass is 10.1. The number of ether oxygens (including phenoxy) is 3. The van der Waals surface area contributed by atoms with Crippen molar-refractivity contribution in [2.45, 2.75) is 26.0 Å². The normalized spacial score (nSPS) is 12.0. The molecule has 0 saturated heterocycles. The van der Waals surface area contributed by atoms with Gasteiger partial charge in [0.05, 0.1) is 26.9 Å². The van der Waals surface area contributed by atoms with Crippen LogP contribution in [0.4, 0.5) is 0 Å². The summed E-state index contributed by atoms with van der Waals surface area (Å²) in [6.45, 7) is 3.90. The summed E-state index contributed by atoms with van der Waals surface area (Å²) in [5, 5.41) is 3.11. The van der Waals surface area contributed by atoms with Gasteiger partial charge < -0.3 is 25.3 Å². The number of halogens is 1. The average molecular weight is 499 g/mol. The molecule has 3 N–H and O–H groups in total. The monoisotopic (exact) mass is 499 g/mol. The van der Waals surface area contributed by atoms with E-state index >= 15 is 0 Å². The Kier molecular flexibility index (Phi) is 11.4. The summed E-state index contributed by atoms with van der Waals surface area (Å²) in [6, 6.07) is 15.9. The number of nitrogens with one attached hydrogen (secondary N) is 1. The van der Waals surface area contributed by atoms with Crippen LogP contribution in [0.2, 0.25) is 0 Å². The molecule has 2 rings (SSSR count). The minimum atomic E-state index is 0. The fourth-order valence-electron chi connectivity index (χ4n) is 2.58. The van der Waals surface area contributed by atoms with Gasteiger partial charge in [-0.15, -0.1) is 24.0 Å². The average Bonchev–Trinajstić information content (AvgIpc) is 2.72. The van der Waals surface area contributed by atoms with Crippen LogP contribution in [-0.4, -0.2) is 33.3 Å². The number of aliphatic imine (C=N–C) groups is 1. The third-order valence-corrected chi connectivity index (χ3v) is 4.14. The van der Waals surface area contributed by atoms with Gasteiger partial charge in [-0.25, -0.2) is 4.99 Å². The lowest BCUT2D eigenvalue weighted by molar-refractivity contribution is 0.0646. The first kappa shape index (κ1) is 24.0. The number of hydrogen-bond donors (Lipinski definition) is 2. The molecule has 0 spiro atoms. The molecule has 2 aromatic rings. The van der Waals surface area contributed by atoms with E-state index in [-0.39, 0.29) is 30.1 Å². The number of nitrogens with zero attached hydrogens (tertiary/aromatic N) is 1. The van der Waals surface area contributed by atoms with Crippen molar-refractivity contribution in [2.24, 2.45) is 10.7 Å². The Morgan fingerprint density at radius 3 is 2.46 bits per heavy atom. The SMILES string of the molecule is COc1ccc(CN=C(N)NCCCOC(C)c2ccccc2)cc1OC.I. The van der Waals surface area contributed by atoms with Gasteiger partial charge in [-0.1, -0.05) is 36.4 Å². The van der Waals surface area contributed by atoms with E-state index in [0.29, 0.717) is 37.2 Å². The summed E-state index contributed by atoms with van der Waals surface area (Å²) < 4.78 is 16.4. The van der Waals surface area contributed by atoms with Gasteiger partial charge in [-0.05, 0) is 36.6 Å². The molecular formula is C21H30IN3O3. The summed E-state index contributed by atoms with van der Waals surface area (Å²) in [4.78, 5) is 4.35. The van der Waals surface area contributed by atoms with Crippen molar-refractivity contribution >= 4 is 29.9 Å². The first-order valence-corrected chi connectivity index (χ1v) is 9.05. The molecule has 6 nitrogen and oxygen atoms in total. The number of hydrogen-bond acceptors (Lipinski definition) is 4. The fraction of sp³-hybridized carbons (Fsp3) is 0.381. The fourth-order valence-corrected chi connectivity index (χ4v) is 2.58. The van der Waals surface area contributed by atoms with Crippen LogP contribution in [0.1, 0.15) is 30.6 Å². The molecule has 1 unspecified atom stereocenters. The maximum absolute atomic E-state index is 5.92. The van der Waals surface area contributed by atoms with E-state index in [1.165, 1.54) is 5.56 Å². The minimum absolute atomic E-state index is 0. The molecule has 2 aromatic carbocycles. The van der Waals surface area contributed by atoms with Crippen LogP contribution in [0.5, 0.6) is 11.5 Å². The van der Waals surface area contributed by atoms with E-state index in [4.69, 9.17) is 19.9 Å². The molecule has 0 saturated carbocycles. The number of rotatable bonds is 10. The van der Waals surface area contributed by atoms with Crippen LogP contribution in [-0.2, 0) is 11.3 Å². The van der Waals surface area contributed by atoms with Gasteiger partial charge in [-0.2, -0.15) is 0 Å². The topological polar surface area (TPSA) is 78.1 Å². The third-order valence-electron chi connectivity index (χ3n) is 4.14. The van der Waals surface area contributed by atoms with Gasteiger partial charge in [0.15, 0.2) is 17.5 Å². The number of nitrogens with two attached hydrogens (primary N) is 1. The highest BCUT2D eigenvalue weighted by Gasteiger charge is 2.05. The van der Waals surface area contributed by atoms with Crippen molar-refractivity contribution in [3.63, 3.8) is 0 Å². The van der Waals surface area contributed by atoms with Crippen LogP contribution >= 0.6 is 24.0 Å². The summed E-state index contributed by atoms with van der Waals surface area (Å²) in [7, 11) is 3.23. The molecule has 0 aromatic heterocycles. The maximum atomic E-state index is 5.92. The summed E-state index contributed by atoms with van der Waals surface area (Å²) in [5.41, 5.74) is 8.10. The summed E-state index contributed by atoms with van der Waals surface area (Å²) in [6.07, 6.45) is 0.936. The molecule has 0 aliphatic carbocycles. The zero-order valence-electron chi connectivity index (χ0n) is 16.7. The quantitative estimate of drug-likeness (QED) is 0.225. The molecule has 7 heteroatoms. The predicted molar refractivity (Wildman–Crippen MR) is 124 cm³/mol. The van der Waals surface area contributed by atoms with E-state index in [2.05, 4.69) is 29.4 Å². The standard InChI is InChI=1S/C21H29N3O3.HI/c1-16(18-8-5-4-6-9-18)27-13-7-12-23-21(22)24-15-17-10-11-19(25-2)20(14-17)26-3;/h4-6,8-11,14,16H,7,12-13,15H2,1-3H3,(H3,22,23,24);1H. The Hall–Kier alpha value is -2.00. The number of benzene rings is 2. The van der Waals surface area contributed by atoms with Crippen molar-refractivity contribution in [1.82, 2.24) is 5.32 Å². The number of methoxy groups -OCH3 is 2. The maximum Gasteiger partial charge on any atom is 0.188 e. The Labute approximate surface area is 184 Å². The molecule has 0 amide bonds. The largest absolute Gasteiger partial charge is 0.493 e. The molecule has 0 fully saturated rings. The highest BCUT2D eigenvalue weighted by Crippen LogP contribution is 2.27. The number of guanidine groups is 1. The Balaban J connectivity index is 0.00000392. The molecule has 28 heavy (non-hydrogen) atoms. The molecule has 0 aliphatic rings. The van der Waals surface area contributed by atoms with Crippen molar-refractivity contribution in [2.75, 3.05) is 27.4 Å². The predicted octanol–water partition coefficient (Wildman–Crippen LogP) is 3.89. The van der Waals surface area contributed by atoms with Crippen molar-refractivity contribution in [3.8, 4) is 11.5 Å². The molecule has 0 heterocycles. The lowest BCUT2D eigenvalue weighted by Crippen LogP contribution is -2.32. The van der Waals surface area contributed by atoms with Gasteiger partial charge >= 0.3 is 0 Å². The van der Waals surface area contributed by atoms with Gasteiger partial charge in [0, 0.05) is 13.2 Å². The van der Waals surface area contributed by atoms with Gasteiger partial charge in [-0.3, -0.25) is 0 Å². The van der Waals surface area contributed by atoms with Gasteiger partial charge in [0.1, 0.15) is 0 Å². The smallest absolute Gasteiger partial charge is 0.188 e. The Morgan fingerprint density at radius 2 is 1.79 bits per heavy atom. The lowest BCUT2D eigenvalue weighted by Gasteiger charge is -2.13. The first-order chi connectivity index (χ1) is 13.1. The van der Waals surface area contributed by atoms with Crippen molar-refractivity contribution in [1.29, 1.82) is 0 Å². The Morgan fingerprint density at radius 1 is 1.07 bits per heavy atom. The van der Waals surface area contributed by atoms with E-state index in [1.807, 2.05) is 36.4 Å². The van der Waals surface area contributed by atoms with E-state index in [0.717, 1.165) is 12.0 Å². The zero-order chi connectivity index (χ0) is 19.5. The van der Waals surface area contributed by atoms with E-state index in [1.54, 1.807) is 14.2 Å². The molecule has 0 aliphatic heterocycles. The molecular weight excluding hydrogens is 469 g/mol. The van der Waals surface area contributed by atoms with Crippen LogP contribution in [0.25, 0.3) is 0 Å². The van der Waals surface area contributed by atoms with E-state index in [9.17, 15) is 0 Å². The highest BCUT2D eigenvalue weighted by molar-refractivity contribution is 14.0. The molecule has 0 bridgehead atoms. The van der Waals surface area contributed by atoms with Crippen LogP contribution in [0, 0.1) is 0 Å². The molecule has 154 valence electrons. The third kappa shape index (κ3) is 7.93. The van der Waals surface area contributed by atoms with Crippen molar-refractivity contribution in [3.05, 3.63) is 59.7 Å². The summed E-state index contributed by atoms with van der Waals surface area (Å²) in [5.74, 6) is 1.79. The van der Waals surface area contributed by atoms with Gasteiger partial charge in [0.25, 0.3) is 0 Å². The van der Waals surface area contributed by atoms with Crippen LogP contribution in [0.15, 0.2) is 53.5 Å². The van der Waals surface area contributed by atoms with Gasteiger partial charge in [0.2, 0.25) is 0 Å². The molecule has 1 atom stereocenters.